The number of esters is 1. The summed E-state index contributed by atoms with van der Waals surface area (Å²) in [5.74, 6) is -0.159. The Morgan fingerprint density at radius 3 is 1.85 bits per heavy atom. The third-order valence-corrected chi connectivity index (χ3v) is 3.46. The van der Waals surface area contributed by atoms with E-state index in [4.69, 9.17) is 4.74 Å². The smallest absolute Gasteiger partial charge is 0.302 e. The summed E-state index contributed by atoms with van der Waals surface area (Å²) in [6, 6.07) is 0. The predicted molar refractivity (Wildman–Crippen MR) is 86.9 cm³/mol. The van der Waals surface area contributed by atoms with E-state index in [2.05, 4.69) is 19.1 Å². The molecule has 0 aliphatic heterocycles. The van der Waals surface area contributed by atoms with Crippen molar-refractivity contribution < 1.29 is 9.53 Å². The lowest BCUT2D eigenvalue weighted by atomic mass is 10.1. The average molecular weight is 282 g/mol. The third-order valence-electron chi connectivity index (χ3n) is 3.46. The molecule has 0 aromatic heterocycles. The molecule has 0 aromatic carbocycles. The van der Waals surface area contributed by atoms with Gasteiger partial charge in [0.15, 0.2) is 0 Å². The van der Waals surface area contributed by atoms with Crippen LogP contribution >= 0.6 is 0 Å². The van der Waals surface area contributed by atoms with Crippen molar-refractivity contribution in [1.82, 2.24) is 0 Å². The van der Waals surface area contributed by atoms with E-state index in [0.717, 1.165) is 6.42 Å². The second kappa shape index (κ2) is 16.3. The first-order chi connectivity index (χ1) is 9.77. The monoisotopic (exact) mass is 282 g/mol. The van der Waals surface area contributed by atoms with Crippen LogP contribution in [0.3, 0.4) is 0 Å². The Balaban J connectivity index is 3.02. The first-order valence-corrected chi connectivity index (χ1v) is 8.55. The van der Waals surface area contributed by atoms with Crippen molar-refractivity contribution in [3.8, 4) is 0 Å². The second-order valence-electron chi connectivity index (χ2n) is 5.57. The number of carbonyl (C=O) groups is 1. The highest BCUT2D eigenvalue weighted by atomic mass is 16.5. The van der Waals surface area contributed by atoms with Crippen molar-refractivity contribution in [3.05, 3.63) is 12.2 Å². The fourth-order valence-electron chi connectivity index (χ4n) is 2.20. The van der Waals surface area contributed by atoms with E-state index in [1.807, 2.05) is 0 Å². The number of carbonyl (C=O) groups excluding carboxylic acids is 1. The summed E-state index contributed by atoms with van der Waals surface area (Å²) >= 11 is 0. The molecule has 0 rings (SSSR count). The number of allylic oxidation sites excluding steroid dienone is 2. The predicted octanol–water partition coefficient (Wildman–Crippen LogP) is 5.81. The van der Waals surface area contributed by atoms with Gasteiger partial charge in [-0.3, -0.25) is 4.79 Å². The Kier molecular flexibility index (Phi) is 15.6. The maximum Gasteiger partial charge on any atom is 0.302 e. The van der Waals surface area contributed by atoms with E-state index in [9.17, 15) is 4.79 Å². The quantitative estimate of drug-likeness (QED) is 0.228. The lowest BCUT2D eigenvalue weighted by molar-refractivity contribution is -0.141. The van der Waals surface area contributed by atoms with Crippen LogP contribution in [-0.4, -0.2) is 12.6 Å². The molecular weight excluding hydrogens is 248 g/mol. The zero-order valence-electron chi connectivity index (χ0n) is 13.7. The standard InChI is InChI=1S/C18H34O2/c1-3-4-5-6-7-8-9-10-11-12-13-14-15-16-17-20-18(2)19/h6-7H,3-5,8-17H2,1-2H3. The first kappa shape index (κ1) is 19.2. The molecule has 0 N–H and O–H groups in total. The van der Waals surface area contributed by atoms with Crippen LogP contribution in [0.1, 0.15) is 90.9 Å². The Morgan fingerprint density at radius 2 is 1.30 bits per heavy atom. The van der Waals surface area contributed by atoms with E-state index in [0.29, 0.717) is 6.61 Å². The van der Waals surface area contributed by atoms with E-state index < -0.39 is 0 Å². The molecule has 0 bridgehead atoms. The van der Waals surface area contributed by atoms with Gasteiger partial charge in [-0.15, -0.1) is 0 Å². The molecule has 0 saturated carbocycles. The van der Waals surface area contributed by atoms with Crippen molar-refractivity contribution >= 4 is 5.97 Å². The Hall–Kier alpha value is -0.790. The van der Waals surface area contributed by atoms with Gasteiger partial charge in [0.2, 0.25) is 0 Å². The van der Waals surface area contributed by atoms with E-state index in [1.165, 1.54) is 77.6 Å². The first-order valence-electron chi connectivity index (χ1n) is 8.55. The molecule has 0 heterocycles. The van der Waals surface area contributed by atoms with Crippen LogP contribution in [0.4, 0.5) is 0 Å². The van der Waals surface area contributed by atoms with E-state index >= 15 is 0 Å². The van der Waals surface area contributed by atoms with Crippen molar-refractivity contribution in [1.29, 1.82) is 0 Å². The van der Waals surface area contributed by atoms with Gasteiger partial charge >= 0.3 is 5.97 Å². The van der Waals surface area contributed by atoms with Gasteiger partial charge in [0.25, 0.3) is 0 Å². The van der Waals surface area contributed by atoms with Gasteiger partial charge in [-0.05, 0) is 25.7 Å². The molecule has 2 heteroatoms. The van der Waals surface area contributed by atoms with Gasteiger partial charge in [-0.1, -0.05) is 70.4 Å². The maximum absolute atomic E-state index is 10.6. The van der Waals surface area contributed by atoms with Crippen LogP contribution in [0, 0.1) is 0 Å². The minimum atomic E-state index is -0.159. The molecule has 0 spiro atoms. The summed E-state index contributed by atoms with van der Waals surface area (Å²) in [7, 11) is 0. The molecule has 0 amide bonds. The zero-order chi connectivity index (χ0) is 14.9. The van der Waals surface area contributed by atoms with Crippen LogP contribution in [-0.2, 0) is 9.53 Å². The summed E-state index contributed by atoms with van der Waals surface area (Å²) in [6.45, 7) is 4.31. The molecule has 0 radical (unpaired) electrons. The number of hydrogen-bond acceptors (Lipinski definition) is 2. The minimum absolute atomic E-state index is 0.159. The normalized spacial score (nSPS) is 11.1. The molecule has 0 saturated heterocycles. The number of ether oxygens (including phenoxy) is 1. The van der Waals surface area contributed by atoms with Gasteiger partial charge in [-0.25, -0.2) is 0 Å². The van der Waals surface area contributed by atoms with Gasteiger partial charge in [0.05, 0.1) is 6.61 Å². The van der Waals surface area contributed by atoms with Crippen LogP contribution in [0.25, 0.3) is 0 Å². The highest BCUT2D eigenvalue weighted by Crippen LogP contribution is 2.10. The molecule has 20 heavy (non-hydrogen) atoms. The topological polar surface area (TPSA) is 26.3 Å². The fourth-order valence-corrected chi connectivity index (χ4v) is 2.20. The number of rotatable bonds is 14. The van der Waals surface area contributed by atoms with Crippen molar-refractivity contribution in [3.63, 3.8) is 0 Å². The maximum atomic E-state index is 10.6. The molecule has 0 aliphatic carbocycles. The molecule has 0 unspecified atom stereocenters. The summed E-state index contributed by atoms with van der Waals surface area (Å²) in [5.41, 5.74) is 0. The van der Waals surface area contributed by atoms with Gasteiger partial charge < -0.3 is 4.74 Å². The highest BCUT2D eigenvalue weighted by molar-refractivity contribution is 5.65. The fraction of sp³-hybridized carbons (Fsp3) is 0.833. The summed E-state index contributed by atoms with van der Waals surface area (Å²) in [4.78, 5) is 10.6. The Bertz CT molecular complexity index is 234. The van der Waals surface area contributed by atoms with E-state index in [-0.39, 0.29) is 5.97 Å². The Morgan fingerprint density at radius 1 is 0.800 bits per heavy atom. The molecule has 0 fully saturated rings. The molecular formula is C18H34O2. The average Bonchev–Trinajstić information content (AvgIpc) is 2.43. The lowest BCUT2D eigenvalue weighted by Crippen LogP contribution is -2.00. The van der Waals surface area contributed by atoms with Crippen molar-refractivity contribution in [2.45, 2.75) is 90.9 Å². The number of hydrogen-bond donors (Lipinski definition) is 0. The molecule has 0 aliphatic rings. The van der Waals surface area contributed by atoms with Gasteiger partial charge in [0.1, 0.15) is 0 Å². The van der Waals surface area contributed by atoms with Crippen molar-refractivity contribution in [2.24, 2.45) is 0 Å². The minimum Gasteiger partial charge on any atom is -0.466 e. The van der Waals surface area contributed by atoms with Crippen LogP contribution in [0.2, 0.25) is 0 Å². The number of unbranched alkanes of at least 4 members (excludes halogenated alkanes) is 10. The molecule has 0 aromatic rings. The third kappa shape index (κ3) is 17.2. The Labute approximate surface area is 126 Å². The molecule has 118 valence electrons. The largest absolute Gasteiger partial charge is 0.466 e. The van der Waals surface area contributed by atoms with E-state index in [1.54, 1.807) is 0 Å². The second-order valence-corrected chi connectivity index (χ2v) is 5.57. The van der Waals surface area contributed by atoms with Crippen LogP contribution < -0.4 is 0 Å². The summed E-state index contributed by atoms with van der Waals surface area (Å²) < 4.78 is 4.90. The molecule has 0 atom stereocenters. The van der Waals surface area contributed by atoms with Gasteiger partial charge in [0, 0.05) is 6.92 Å². The lowest BCUT2D eigenvalue weighted by Gasteiger charge is -2.02. The zero-order valence-corrected chi connectivity index (χ0v) is 13.7. The summed E-state index contributed by atoms with van der Waals surface area (Å²) in [5, 5.41) is 0. The van der Waals surface area contributed by atoms with Crippen LogP contribution in [0.5, 0.6) is 0 Å². The highest BCUT2D eigenvalue weighted by Gasteiger charge is 1.94. The SMILES string of the molecule is CCCCC=CCCCCCCCCCCOC(C)=O. The summed E-state index contributed by atoms with van der Waals surface area (Å²) in [6.07, 6.45) is 20.1. The molecule has 2 nitrogen and oxygen atoms in total. The van der Waals surface area contributed by atoms with Crippen molar-refractivity contribution in [2.75, 3.05) is 6.61 Å². The van der Waals surface area contributed by atoms with Crippen LogP contribution in [0.15, 0.2) is 12.2 Å². The van der Waals surface area contributed by atoms with Gasteiger partial charge in [-0.2, -0.15) is 0 Å².